The molecule has 9 nitrogen and oxygen atoms in total. The highest BCUT2D eigenvalue weighted by Gasteiger charge is 2.58. The molecule has 0 aliphatic carbocycles. The number of esters is 1. The third-order valence-electron chi connectivity index (χ3n) is 9.11. The molecule has 0 saturated carbocycles. The highest BCUT2D eigenvalue weighted by Crippen LogP contribution is 2.44. The number of hydrogen-bond acceptors (Lipinski definition) is 9. The molecule has 12 atom stereocenters. The van der Waals surface area contributed by atoms with Crippen LogP contribution in [0, 0.1) is 29.6 Å². The van der Waals surface area contributed by atoms with E-state index in [0.29, 0.717) is 12.0 Å². The van der Waals surface area contributed by atoms with Gasteiger partial charge in [0.1, 0.15) is 12.2 Å². The van der Waals surface area contributed by atoms with Gasteiger partial charge >= 0.3 is 12.1 Å². The van der Waals surface area contributed by atoms with Crippen LogP contribution in [0.4, 0.5) is 13.2 Å². The van der Waals surface area contributed by atoms with E-state index in [0.717, 1.165) is 5.57 Å². The maximum atomic E-state index is 13.7. The summed E-state index contributed by atoms with van der Waals surface area (Å²) in [5.74, 6) is -7.66. The van der Waals surface area contributed by atoms with Crippen LogP contribution < -0.4 is 0 Å². The summed E-state index contributed by atoms with van der Waals surface area (Å²) in [4.78, 5) is 13.4. The zero-order valence-corrected chi connectivity index (χ0v) is 27.6. The second kappa shape index (κ2) is 16.1. The van der Waals surface area contributed by atoms with E-state index in [2.05, 4.69) is 0 Å². The van der Waals surface area contributed by atoms with Crippen LogP contribution >= 0.6 is 0 Å². The summed E-state index contributed by atoms with van der Waals surface area (Å²) in [6, 6.07) is 0. The van der Waals surface area contributed by atoms with Crippen LogP contribution in [0.25, 0.3) is 0 Å². The molecular weight excluding hydrogens is 597 g/mol. The molecule has 258 valence electrons. The van der Waals surface area contributed by atoms with E-state index in [1.807, 2.05) is 32.9 Å². The van der Waals surface area contributed by atoms with Crippen molar-refractivity contribution in [2.75, 3.05) is 14.2 Å². The van der Waals surface area contributed by atoms with E-state index < -0.39 is 78.7 Å². The molecule has 2 heterocycles. The number of carbonyl (C=O) groups excluding carboxylic acids is 1. The minimum Gasteiger partial charge on any atom is -0.490 e. The summed E-state index contributed by atoms with van der Waals surface area (Å²) in [5.41, 5.74) is 1.60. The minimum atomic E-state index is -4.87. The van der Waals surface area contributed by atoms with Gasteiger partial charge in [-0.2, -0.15) is 13.2 Å². The quantitative estimate of drug-likeness (QED) is 0.305. The predicted octanol–water partition coefficient (Wildman–Crippen LogP) is 4.60. The van der Waals surface area contributed by atoms with Crippen molar-refractivity contribution >= 4 is 5.97 Å². The summed E-state index contributed by atoms with van der Waals surface area (Å²) >= 11 is 0. The molecule has 1 saturated heterocycles. The van der Waals surface area contributed by atoms with E-state index >= 15 is 0 Å². The second-order valence-corrected chi connectivity index (χ2v) is 12.8. The Labute approximate surface area is 264 Å². The highest BCUT2D eigenvalue weighted by molar-refractivity contribution is 5.87. The van der Waals surface area contributed by atoms with Crippen LogP contribution in [0.15, 0.2) is 47.3 Å². The fourth-order valence-electron chi connectivity index (χ4n) is 6.13. The fraction of sp³-hybridized carbons (Fsp3) is 0.727. The number of cyclic esters (lactones) is 1. The average Bonchev–Trinajstić information content (AvgIpc) is 2.96. The lowest BCUT2D eigenvalue weighted by atomic mass is 9.77. The molecule has 12 unspecified atom stereocenters. The summed E-state index contributed by atoms with van der Waals surface area (Å²) in [7, 11) is 2.66. The number of ether oxygens (including phenoxy) is 4. The molecule has 2 rings (SSSR count). The van der Waals surface area contributed by atoms with Gasteiger partial charge in [0.2, 0.25) is 5.76 Å². The van der Waals surface area contributed by atoms with E-state index in [1.54, 1.807) is 19.1 Å². The lowest BCUT2D eigenvalue weighted by molar-refractivity contribution is -0.372. The van der Waals surface area contributed by atoms with E-state index in [1.165, 1.54) is 41.1 Å². The minimum absolute atomic E-state index is 0.0775. The first-order chi connectivity index (χ1) is 20.8. The molecule has 0 aromatic rings. The maximum Gasteiger partial charge on any atom is 0.415 e. The molecule has 1 fully saturated rings. The normalized spacial score (nSPS) is 40.8. The van der Waals surface area contributed by atoms with Crippen LogP contribution in [0.3, 0.4) is 0 Å². The molecule has 4 N–H and O–H groups in total. The summed E-state index contributed by atoms with van der Waals surface area (Å²) in [5, 5.41) is 44.0. The average molecular weight is 649 g/mol. The van der Waals surface area contributed by atoms with Gasteiger partial charge in [0.05, 0.1) is 25.4 Å². The Morgan fingerprint density at radius 3 is 2.29 bits per heavy atom. The first-order valence-corrected chi connectivity index (χ1v) is 15.3. The molecule has 2 aliphatic heterocycles. The number of carbonyl (C=O) groups is 1. The Morgan fingerprint density at radius 2 is 1.73 bits per heavy atom. The number of aliphatic hydroxyl groups excluding tert-OH is 3. The smallest absolute Gasteiger partial charge is 0.415 e. The summed E-state index contributed by atoms with van der Waals surface area (Å²) in [6.07, 6.45) is -4.83. The number of allylic oxidation sites excluding steroid dienone is 5. The molecule has 45 heavy (non-hydrogen) atoms. The topological polar surface area (TPSA) is 135 Å². The Bertz CT molecular complexity index is 1120. The van der Waals surface area contributed by atoms with Crippen molar-refractivity contribution in [3.63, 3.8) is 0 Å². The van der Waals surface area contributed by atoms with Crippen LogP contribution in [0.5, 0.6) is 0 Å². The molecule has 12 heteroatoms. The van der Waals surface area contributed by atoms with Gasteiger partial charge in [0.15, 0.2) is 11.9 Å². The zero-order valence-electron chi connectivity index (χ0n) is 27.6. The van der Waals surface area contributed by atoms with Crippen LogP contribution in [0.1, 0.15) is 61.3 Å². The van der Waals surface area contributed by atoms with Gasteiger partial charge in [0, 0.05) is 37.2 Å². The van der Waals surface area contributed by atoms with Gasteiger partial charge in [-0.05, 0) is 32.3 Å². The lowest BCUT2D eigenvalue weighted by Crippen LogP contribution is -2.61. The van der Waals surface area contributed by atoms with Gasteiger partial charge in [-0.3, -0.25) is 0 Å². The molecule has 0 amide bonds. The monoisotopic (exact) mass is 648 g/mol. The molecule has 0 aromatic heterocycles. The van der Waals surface area contributed by atoms with Crippen LogP contribution in [-0.2, 0) is 23.7 Å². The Kier molecular flexibility index (Phi) is 13.9. The molecule has 2 aliphatic rings. The predicted molar refractivity (Wildman–Crippen MR) is 161 cm³/mol. The highest BCUT2D eigenvalue weighted by atomic mass is 19.4. The zero-order chi connectivity index (χ0) is 34.4. The number of methoxy groups -OCH3 is 2. The van der Waals surface area contributed by atoms with Crippen molar-refractivity contribution in [1.82, 2.24) is 0 Å². The number of rotatable bonds is 6. The number of hydrogen-bond donors (Lipinski definition) is 4. The van der Waals surface area contributed by atoms with Gasteiger partial charge in [-0.1, -0.05) is 70.1 Å². The third kappa shape index (κ3) is 9.89. The number of aliphatic hydroxyl groups is 4. The standard InChI is InChI=1S/C33H51F3O9/c1-17-11-10-12-25(42-8)29(44-31(40)26(43-9)15-18(2)14-20(4)27(38)19(3)13-17)22(6)28(39)23(7)32(41)16-24(37)21(5)30(45-32)33(34,35)36/h10-12,14-15,19-25,27-30,37-39,41H,13,16H2,1-9H3/b12-10-,17-11+,18-14+,26-15+. The van der Waals surface area contributed by atoms with Gasteiger partial charge in [0.25, 0.3) is 0 Å². The van der Waals surface area contributed by atoms with Crippen molar-refractivity contribution in [2.45, 2.75) is 110 Å². The van der Waals surface area contributed by atoms with Crippen LogP contribution in [0.2, 0.25) is 0 Å². The summed E-state index contributed by atoms with van der Waals surface area (Å²) < 4.78 is 63.2. The van der Waals surface area contributed by atoms with Crippen molar-refractivity contribution in [1.29, 1.82) is 0 Å². The first kappa shape index (κ1) is 39.0. The summed E-state index contributed by atoms with van der Waals surface area (Å²) in [6.45, 7) is 11.5. The number of alkyl halides is 3. The SMILES string of the molecule is CO/C1=C/C(C)=C/C(C)C(O)C(C)C/C(C)=C/C=C\C(OC)C(C(C)C(O)C(C)C2(O)CC(O)C(C)C(C(F)(F)F)O2)OC1=O. The molecular formula is C33H51F3O9. The van der Waals surface area contributed by atoms with Gasteiger partial charge in [-0.15, -0.1) is 0 Å². The second-order valence-electron chi connectivity index (χ2n) is 12.8. The Balaban J connectivity index is 2.54. The largest absolute Gasteiger partial charge is 0.490 e. The first-order valence-electron chi connectivity index (χ1n) is 15.3. The van der Waals surface area contributed by atoms with Crippen molar-refractivity contribution in [2.24, 2.45) is 29.6 Å². The van der Waals surface area contributed by atoms with Crippen molar-refractivity contribution in [3.8, 4) is 0 Å². The van der Waals surface area contributed by atoms with Gasteiger partial charge < -0.3 is 39.4 Å². The molecule has 0 spiro atoms. The van der Waals surface area contributed by atoms with E-state index in [4.69, 9.17) is 18.9 Å². The van der Waals surface area contributed by atoms with E-state index in [9.17, 15) is 38.4 Å². The molecule has 0 radical (unpaired) electrons. The van der Waals surface area contributed by atoms with Crippen molar-refractivity contribution in [3.05, 3.63) is 47.3 Å². The molecule has 0 aromatic carbocycles. The van der Waals surface area contributed by atoms with Crippen molar-refractivity contribution < 1.29 is 57.3 Å². The maximum absolute atomic E-state index is 13.7. The van der Waals surface area contributed by atoms with Gasteiger partial charge in [-0.25, -0.2) is 4.79 Å². The molecule has 0 bridgehead atoms. The third-order valence-corrected chi connectivity index (χ3v) is 9.11. The van der Waals surface area contributed by atoms with E-state index in [-0.39, 0.29) is 17.6 Å². The Hall–Kier alpha value is -2.22. The lowest BCUT2D eigenvalue weighted by Gasteiger charge is -2.48. The number of halogens is 3. The Morgan fingerprint density at radius 1 is 1.11 bits per heavy atom. The van der Waals surface area contributed by atoms with Crippen LogP contribution in [-0.4, -0.2) is 89.2 Å². The fourth-order valence-corrected chi connectivity index (χ4v) is 6.13.